The molecular formula is C19H22N2O4S. The van der Waals surface area contributed by atoms with E-state index in [-0.39, 0.29) is 19.1 Å². The van der Waals surface area contributed by atoms with Gasteiger partial charge in [-0.05, 0) is 36.8 Å². The van der Waals surface area contributed by atoms with E-state index in [0.717, 1.165) is 12.1 Å². The van der Waals surface area contributed by atoms with Crippen LogP contribution in [0.25, 0.3) is 0 Å². The lowest BCUT2D eigenvalue weighted by molar-refractivity contribution is -0.117. The Morgan fingerprint density at radius 1 is 1.12 bits per heavy atom. The van der Waals surface area contributed by atoms with Crippen molar-refractivity contribution in [3.63, 3.8) is 0 Å². The predicted octanol–water partition coefficient (Wildman–Crippen LogP) is 2.66. The maximum Gasteiger partial charge on any atom is 0.232 e. The molecule has 0 aliphatic carbocycles. The molecule has 1 fully saturated rings. The number of amides is 1. The van der Waals surface area contributed by atoms with Gasteiger partial charge in [-0.3, -0.25) is 9.10 Å². The van der Waals surface area contributed by atoms with Gasteiger partial charge in [0.15, 0.2) is 0 Å². The summed E-state index contributed by atoms with van der Waals surface area (Å²) in [5.74, 6) is 0.762. The molecule has 0 aromatic heterocycles. The molecule has 0 atom stereocenters. The van der Waals surface area contributed by atoms with Crippen molar-refractivity contribution in [2.75, 3.05) is 35.2 Å². The summed E-state index contributed by atoms with van der Waals surface area (Å²) in [6.45, 7) is 1.08. The highest BCUT2D eigenvalue weighted by atomic mass is 32.2. The number of hydrogen-bond donors (Lipinski definition) is 0. The third-order valence-electron chi connectivity index (χ3n) is 4.21. The van der Waals surface area contributed by atoms with Crippen LogP contribution in [0.5, 0.6) is 5.75 Å². The molecule has 3 rings (SSSR count). The third-order valence-corrected chi connectivity index (χ3v) is 5.40. The van der Waals surface area contributed by atoms with Crippen LogP contribution in [0.2, 0.25) is 0 Å². The van der Waals surface area contributed by atoms with Crippen LogP contribution in [0, 0.1) is 0 Å². The maximum absolute atomic E-state index is 12.3. The number of carbonyl (C=O) groups excluding carboxylic acids is 1. The van der Waals surface area contributed by atoms with Gasteiger partial charge in [0.1, 0.15) is 12.4 Å². The quantitative estimate of drug-likeness (QED) is 0.747. The van der Waals surface area contributed by atoms with Gasteiger partial charge in [0.25, 0.3) is 0 Å². The fourth-order valence-corrected chi connectivity index (χ4v) is 3.89. The van der Waals surface area contributed by atoms with Crippen LogP contribution in [0.4, 0.5) is 11.4 Å². The van der Waals surface area contributed by atoms with E-state index in [0.29, 0.717) is 24.4 Å². The summed E-state index contributed by atoms with van der Waals surface area (Å²) in [6.07, 6.45) is 2.53. The summed E-state index contributed by atoms with van der Waals surface area (Å²) in [7, 11) is -3.48. The third kappa shape index (κ3) is 4.35. The van der Waals surface area contributed by atoms with E-state index in [9.17, 15) is 13.2 Å². The first-order valence-corrected chi connectivity index (χ1v) is 10.4. The largest absolute Gasteiger partial charge is 0.492 e. The van der Waals surface area contributed by atoms with Gasteiger partial charge in [0.05, 0.1) is 18.5 Å². The first-order chi connectivity index (χ1) is 12.4. The first kappa shape index (κ1) is 18.3. The lowest BCUT2D eigenvalue weighted by Gasteiger charge is -2.24. The highest BCUT2D eigenvalue weighted by molar-refractivity contribution is 7.92. The van der Waals surface area contributed by atoms with E-state index >= 15 is 0 Å². The van der Waals surface area contributed by atoms with E-state index < -0.39 is 10.0 Å². The Morgan fingerprint density at radius 2 is 1.88 bits per heavy atom. The summed E-state index contributed by atoms with van der Waals surface area (Å²) in [5, 5.41) is 0. The Labute approximate surface area is 154 Å². The summed E-state index contributed by atoms with van der Waals surface area (Å²) in [6, 6.07) is 16.3. The van der Waals surface area contributed by atoms with Crippen LogP contribution in [0.1, 0.15) is 12.8 Å². The fourth-order valence-electron chi connectivity index (χ4n) is 2.99. The summed E-state index contributed by atoms with van der Waals surface area (Å²) < 4.78 is 31.5. The van der Waals surface area contributed by atoms with Crippen LogP contribution in [-0.2, 0) is 14.8 Å². The lowest BCUT2D eigenvalue weighted by Crippen LogP contribution is -2.34. The molecule has 0 saturated carbocycles. The molecule has 7 heteroatoms. The number of ether oxygens (including phenoxy) is 1. The SMILES string of the molecule is CS(=O)(=O)N(CCOc1ccccc1)c1cccc(N2CCCC2=O)c1. The standard InChI is InChI=1S/C19H22N2O4S/c1-26(23,24)21(13-14-25-18-9-3-2-4-10-18)17-8-5-7-16(15-17)20-12-6-11-19(20)22/h2-5,7-10,15H,6,11-14H2,1H3. The van der Waals surface area contributed by atoms with E-state index in [1.807, 2.05) is 36.4 Å². The maximum atomic E-state index is 12.3. The fraction of sp³-hybridized carbons (Fsp3) is 0.316. The summed E-state index contributed by atoms with van der Waals surface area (Å²) >= 11 is 0. The molecule has 138 valence electrons. The van der Waals surface area contributed by atoms with Gasteiger partial charge in [-0.2, -0.15) is 0 Å². The highest BCUT2D eigenvalue weighted by Gasteiger charge is 2.23. The Kier molecular flexibility index (Phi) is 5.46. The van der Waals surface area contributed by atoms with Crippen molar-refractivity contribution in [1.82, 2.24) is 0 Å². The van der Waals surface area contributed by atoms with Crippen molar-refractivity contribution < 1.29 is 17.9 Å². The molecule has 0 spiro atoms. The monoisotopic (exact) mass is 374 g/mol. The van der Waals surface area contributed by atoms with Gasteiger partial charge in [0.2, 0.25) is 15.9 Å². The summed E-state index contributed by atoms with van der Waals surface area (Å²) in [4.78, 5) is 13.7. The number of rotatable bonds is 7. The van der Waals surface area contributed by atoms with Crippen molar-refractivity contribution >= 4 is 27.3 Å². The average Bonchev–Trinajstić information content (AvgIpc) is 3.05. The molecule has 26 heavy (non-hydrogen) atoms. The molecule has 0 unspecified atom stereocenters. The average molecular weight is 374 g/mol. The van der Waals surface area contributed by atoms with Crippen LogP contribution >= 0.6 is 0 Å². The molecule has 1 aliphatic rings. The van der Waals surface area contributed by atoms with Crippen LogP contribution in [-0.4, -0.2) is 40.3 Å². The molecule has 0 N–H and O–H groups in total. The van der Waals surface area contributed by atoms with Crippen molar-refractivity contribution in [3.05, 3.63) is 54.6 Å². The molecule has 1 aliphatic heterocycles. The predicted molar refractivity (Wildman–Crippen MR) is 102 cm³/mol. The number of benzene rings is 2. The molecule has 2 aromatic carbocycles. The zero-order chi connectivity index (χ0) is 18.6. The molecule has 1 saturated heterocycles. The number of sulfonamides is 1. The van der Waals surface area contributed by atoms with Gasteiger partial charge >= 0.3 is 0 Å². The minimum absolute atomic E-state index is 0.0699. The van der Waals surface area contributed by atoms with Crippen molar-refractivity contribution in [2.24, 2.45) is 0 Å². The lowest BCUT2D eigenvalue weighted by atomic mass is 10.2. The normalized spacial score (nSPS) is 14.5. The first-order valence-electron chi connectivity index (χ1n) is 8.51. The molecule has 6 nitrogen and oxygen atoms in total. The zero-order valence-electron chi connectivity index (χ0n) is 14.7. The van der Waals surface area contributed by atoms with Gasteiger partial charge in [-0.15, -0.1) is 0 Å². The molecular weight excluding hydrogens is 352 g/mol. The van der Waals surface area contributed by atoms with Gasteiger partial charge in [-0.1, -0.05) is 24.3 Å². The molecule has 0 bridgehead atoms. The number of hydrogen-bond acceptors (Lipinski definition) is 4. The number of carbonyl (C=O) groups is 1. The number of nitrogens with zero attached hydrogens (tertiary/aromatic N) is 2. The van der Waals surface area contributed by atoms with E-state index in [1.165, 1.54) is 10.6 Å². The number of para-hydroxylation sites is 1. The number of anilines is 2. The Bertz CT molecular complexity index is 868. The Hall–Kier alpha value is -2.54. The Balaban J connectivity index is 1.76. The smallest absolute Gasteiger partial charge is 0.232 e. The van der Waals surface area contributed by atoms with Crippen LogP contribution in [0.3, 0.4) is 0 Å². The van der Waals surface area contributed by atoms with Crippen LogP contribution in [0.15, 0.2) is 54.6 Å². The Morgan fingerprint density at radius 3 is 2.54 bits per heavy atom. The zero-order valence-corrected chi connectivity index (χ0v) is 15.5. The van der Waals surface area contributed by atoms with Gasteiger partial charge < -0.3 is 9.64 Å². The minimum atomic E-state index is -3.48. The minimum Gasteiger partial charge on any atom is -0.492 e. The second-order valence-electron chi connectivity index (χ2n) is 6.17. The van der Waals surface area contributed by atoms with Crippen molar-refractivity contribution in [2.45, 2.75) is 12.8 Å². The topological polar surface area (TPSA) is 66.9 Å². The van der Waals surface area contributed by atoms with Crippen LogP contribution < -0.4 is 13.9 Å². The molecule has 2 aromatic rings. The van der Waals surface area contributed by atoms with E-state index in [1.54, 1.807) is 23.1 Å². The van der Waals surface area contributed by atoms with Gasteiger partial charge in [0, 0.05) is 18.7 Å². The van der Waals surface area contributed by atoms with Crippen molar-refractivity contribution in [3.8, 4) is 5.75 Å². The van der Waals surface area contributed by atoms with Gasteiger partial charge in [-0.25, -0.2) is 8.42 Å². The molecule has 0 radical (unpaired) electrons. The molecule has 1 heterocycles. The van der Waals surface area contributed by atoms with Crippen molar-refractivity contribution in [1.29, 1.82) is 0 Å². The highest BCUT2D eigenvalue weighted by Crippen LogP contribution is 2.27. The van der Waals surface area contributed by atoms with E-state index in [2.05, 4.69) is 0 Å². The second-order valence-corrected chi connectivity index (χ2v) is 8.07. The molecule has 1 amide bonds. The van der Waals surface area contributed by atoms with E-state index in [4.69, 9.17) is 4.74 Å². The second kappa shape index (κ2) is 7.78. The summed E-state index contributed by atoms with van der Waals surface area (Å²) in [5.41, 5.74) is 1.25.